The maximum atomic E-state index is 11.9. The molecule has 122 valence electrons. The van der Waals surface area contributed by atoms with Gasteiger partial charge >= 0.3 is 6.03 Å². The number of rotatable bonds is 4. The van der Waals surface area contributed by atoms with Crippen molar-refractivity contribution in [2.75, 3.05) is 23.3 Å². The Morgan fingerprint density at radius 2 is 2.17 bits per heavy atom. The molecule has 1 aromatic carbocycles. The second kappa shape index (κ2) is 7.41. The minimum absolute atomic E-state index is 0.261. The molecule has 0 saturated carbocycles. The number of carbonyl (C=O) groups is 1. The van der Waals surface area contributed by atoms with Crippen LogP contribution in [0.5, 0.6) is 0 Å². The third-order valence-corrected chi connectivity index (χ3v) is 4.76. The molecule has 6 nitrogen and oxygen atoms in total. The Labute approximate surface area is 139 Å². The molecule has 0 bridgehead atoms. The highest BCUT2D eigenvalue weighted by molar-refractivity contribution is 7.19. The van der Waals surface area contributed by atoms with Crippen LogP contribution in [-0.2, 0) is 6.54 Å². The fourth-order valence-corrected chi connectivity index (χ4v) is 3.45. The van der Waals surface area contributed by atoms with Crippen LogP contribution in [-0.4, -0.2) is 29.3 Å². The van der Waals surface area contributed by atoms with E-state index in [9.17, 15) is 4.79 Å². The van der Waals surface area contributed by atoms with Gasteiger partial charge in [0.25, 0.3) is 0 Å². The summed E-state index contributed by atoms with van der Waals surface area (Å²) in [5.74, 6) is 0.679. The van der Waals surface area contributed by atoms with Gasteiger partial charge in [-0.2, -0.15) is 0 Å². The van der Waals surface area contributed by atoms with Crippen molar-refractivity contribution in [3.05, 3.63) is 35.9 Å². The molecule has 1 aromatic heterocycles. The summed E-state index contributed by atoms with van der Waals surface area (Å²) >= 11 is 1.42. The molecule has 1 aliphatic heterocycles. The van der Waals surface area contributed by atoms with Crippen molar-refractivity contribution in [3.8, 4) is 0 Å². The summed E-state index contributed by atoms with van der Waals surface area (Å²) in [5.41, 5.74) is 1.06. The van der Waals surface area contributed by atoms with Crippen LogP contribution in [0.1, 0.15) is 25.3 Å². The molecule has 7 heteroatoms. The van der Waals surface area contributed by atoms with E-state index in [4.69, 9.17) is 0 Å². The molecule has 1 fully saturated rings. The lowest BCUT2D eigenvalue weighted by molar-refractivity contribution is 0.251. The predicted octanol–water partition coefficient (Wildman–Crippen LogP) is 3.10. The van der Waals surface area contributed by atoms with Gasteiger partial charge in [-0.15, -0.1) is 10.2 Å². The zero-order valence-corrected chi connectivity index (χ0v) is 14.0. The first kappa shape index (κ1) is 15.7. The summed E-state index contributed by atoms with van der Waals surface area (Å²) in [6.07, 6.45) is 2.45. The van der Waals surface area contributed by atoms with Crippen molar-refractivity contribution in [3.63, 3.8) is 0 Å². The van der Waals surface area contributed by atoms with Crippen molar-refractivity contribution in [1.29, 1.82) is 0 Å². The molecule has 0 aliphatic carbocycles. The molecule has 2 amide bonds. The van der Waals surface area contributed by atoms with Crippen LogP contribution in [0.3, 0.4) is 0 Å². The Bertz CT molecular complexity index is 645. The van der Waals surface area contributed by atoms with E-state index < -0.39 is 0 Å². The average molecular weight is 331 g/mol. The lowest BCUT2D eigenvalue weighted by Gasteiger charge is -2.29. The zero-order valence-electron chi connectivity index (χ0n) is 13.2. The molecule has 2 heterocycles. The molecule has 0 spiro atoms. The third kappa shape index (κ3) is 4.41. The van der Waals surface area contributed by atoms with Gasteiger partial charge in [-0.1, -0.05) is 48.6 Å². The van der Waals surface area contributed by atoms with Gasteiger partial charge in [0.2, 0.25) is 10.3 Å². The Morgan fingerprint density at radius 1 is 1.35 bits per heavy atom. The van der Waals surface area contributed by atoms with Gasteiger partial charge in [-0.05, 0) is 24.3 Å². The number of nitrogens with zero attached hydrogens (tertiary/aromatic N) is 3. The van der Waals surface area contributed by atoms with Crippen LogP contribution in [0.25, 0.3) is 0 Å². The third-order valence-electron chi connectivity index (χ3n) is 3.86. The molecule has 1 aliphatic rings. The number of nitrogens with one attached hydrogen (secondary N) is 2. The van der Waals surface area contributed by atoms with Crippen LogP contribution in [0.15, 0.2) is 30.3 Å². The van der Waals surface area contributed by atoms with E-state index in [0.717, 1.165) is 23.8 Å². The molecule has 1 atom stereocenters. The zero-order chi connectivity index (χ0) is 16.1. The largest absolute Gasteiger partial charge is 0.346 e. The maximum absolute atomic E-state index is 11.9. The van der Waals surface area contributed by atoms with Gasteiger partial charge < -0.3 is 10.2 Å². The minimum atomic E-state index is -0.261. The summed E-state index contributed by atoms with van der Waals surface area (Å²) in [6, 6.07) is 9.54. The first-order valence-corrected chi connectivity index (χ1v) is 8.69. The smallest absolute Gasteiger partial charge is 0.321 e. The van der Waals surface area contributed by atoms with Crippen LogP contribution < -0.4 is 15.5 Å². The van der Waals surface area contributed by atoms with E-state index in [-0.39, 0.29) is 6.03 Å². The van der Waals surface area contributed by atoms with Crippen molar-refractivity contribution in [2.24, 2.45) is 5.92 Å². The molecule has 0 radical (unpaired) electrons. The SMILES string of the molecule is C[C@@H]1CCCN(c2nnc(NC(=O)NCc3ccccc3)s2)C1. The summed E-state index contributed by atoms with van der Waals surface area (Å²) in [5, 5.41) is 15.2. The summed E-state index contributed by atoms with van der Waals surface area (Å²) in [7, 11) is 0. The molecular formula is C16H21N5OS. The van der Waals surface area contributed by atoms with E-state index in [0.29, 0.717) is 17.6 Å². The molecule has 3 rings (SSSR count). The topological polar surface area (TPSA) is 70.2 Å². The normalized spacial score (nSPS) is 17.8. The molecule has 1 saturated heterocycles. The number of piperidine rings is 1. The van der Waals surface area contributed by atoms with E-state index in [1.807, 2.05) is 30.3 Å². The van der Waals surface area contributed by atoms with Gasteiger partial charge in [0.05, 0.1) is 0 Å². The fourth-order valence-electron chi connectivity index (χ4n) is 2.68. The second-order valence-electron chi connectivity index (χ2n) is 5.88. The van der Waals surface area contributed by atoms with Gasteiger partial charge in [-0.3, -0.25) is 5.32 Å². The molecule has 23 heavy (non-hydrogen) atoms. The quantitative estimate of drug-likeness (QED) is 0.903. The van der Waals surface area contributed by atoms with Crippen molar-refractivity contribution in [2.45, 2.75) is 26.3 Å². The highest BCUT2D eigenvalue weighted by Crippen LogP contribution is 2.28. The van der Waals surface area contributed by atoms with Crippen LogP contribution in [0.2, 0.25) is 0 Å². The first-order valence-electron chi connectivity index (χ1n) is 7.88. The van der Waals surface area contributed by atoms with Crippen LogP contribution in [0.4, 0.5) is 15.1 Å². The maximum Gasteiger partial charge on any atom is 0.321 e. The summed E-state index contributed by atoms with van der Waals surface area (Å²) < 4.78 is 0. The minimum Gasteiger partial charge on any atom is -0.346 e. The number of urea groups is 1. The van der Waals surface area contributed by atoms with E-state index in [1.165, 1.54) is 24.2 Å². The van der Waals surface area contributed by atoms with Crippen molar-refractivity contribution < 1.29 is 4.79 Å². The summed E-state index contributed by atoms with van der Waals surface area (Å²) in [4.78, 5) is 14.2. The van der Waals surface area contributed by atoms with Gasteiger partial charge in [0.15, 0.2) is 0 Å². The standard InChI is InChI=1S/C16H21N5OS/c1-12-6-5-9-21(11-12)16-20-19-15(23-16)18-14(22)17-10-13-7-3-2-4-8-13/h2-4,7-8,12H,5-6,9-11H2,1H3,(H2,17,18,19,22)/t12-/m1/s1. The monoisotopic (exact) mass is 331 g/mol. The Hall–Kier alpha value is -2.15. The highest BCUT2D eigenvalue weighted by atomic mass is 32.1. The number of hydrogen-bond donors (Lipinski definition) is 2. The number of amides is 2. The summed E-state index contributed by atoms with van der Waals surface area (Å²) in [6.45, 7) is 4.76. The molecule has 2 aromatic rings. The first-order chi connectivity index (χ1) is 11.2. The highest BCUT2D eigenvalue weighted by Gasteiger charge is 2.20. The van der Waals surface area contributed by atoms with Crippen LogP contribution >= 0.6 is 11.3 Å². The van der Waals surface area contributed by atoms with Gasteiger partial charge in [0.1, 0.15) is 0 Å². The van der Waals surface area contributed by atoms with Gasteiger partial charge in [0, 0.05) is 19.6 Å². The lowest BCUT2D eigenvalue weighted by atomic mass is 10.0. The lowest BCUT2D eigenvalue weighted by Crippen LogP contribution is -2.34. The Kier molecular flexibility index (Phi) is 5.07. The molecule has 0 unspecified atom stereocenters. The number of carbonyl (C=O) groups excluding carboxylic acids is 1. The number of hydrogen-bond acceptors (Lipinski definition) is 5. The Balaban J connectivity index is 1.51. The van der Waals surface area contributed by atoms with Crippen molar-refractivity contribution >= 4 is 27.6 Å². The Morgan fingerprint density at radius 3 is 2.96 bits per heavy atom. The van der Waals surface area contributed by atoms with Gasteiger partial charge in [-0.25, -0.2) is 4.79 Å². The molecular weight excluding hydrogens is 310 g/mol. The van der Waals surface area contributed by atoms with Crippen LogP contribution in [0, 0.1) is 5.92 Å². The van der Waals surface area contributed by atoms with E-state index in [1.54, 1.807) is 0 Å². The number of benzene rings is 1. The second-order valence-corrected chi connectivity index (χ2v) is 6.83. The van der Waals surface area contributed by atoms with E-state index in [2.05, 4.69) is 32.7 Å². The molecule has 2 N–H and O–H groups in total. The van der Waals surface area contributed by atoms with Crippen molar-refractivity contribution in [1.82, 2.24) is 15.5 Å². The van der Waals surface area contributed by atoms with E-state index >= 15 is 0 Å². The predicted molar refractivity (Wildman–Crippen MR) is 92.8 cm³/mol. The number of aromatic nitrogens is 2. The average Bonchev–Trinajstić information content (AvgIpc) is 3.02. The number of anilines is 2. The fraction of sp³-hybridized carbons (Fsp3) is 0.438.